The number of hydrogen-bond acceptors (Lipinski definition) is 11. The number of amides is 1. The Hall–Kier alpha value is -4.29. The minimum absolute atomic E-state index is 0.0570. The highest BCUT2D eigenvalue weighted by Crippen LogP contribution is 2.30. The van der Waals surface area contributed by atoms with Crippen molar-refractivity contribution >= 4 is 51.3 Å². The van der Waals surface area contributed by atoms with Gasteiger partial charge in [-0.05, 0) is 39.3 Å². The highest BCUT2D eigenvalue weighted by molar-refractivity contribution is 6.07. The van der Waals surface area contributed by atoms with Crippen LogP contribution in [-0.4, -0.2) is 111 Å². The van der Waals surface area contributed by atoms with Gasteiger partial charge in [-0.25, -0.2) is 4.98 Å². The van der Waals surface area contributed by atoms with Gasteiger partial charge in [0.25, 0.3) is 0 Å². The van der Waals surface area contributed by atoms with Crippen LogP contribution in [0.15, 0.2) is 48.5 Å². The number of carbonyl (C=O) groups is 4. The molecular weight excluding hydrogens is 566 g/mol. The van der Waals surface area contributed by atoms with Crippen LogP contribution < -0.4 is 10.6 Å². The molecule has 0 atom stereocenters. The Bertz CT molecular complexity index is 1330. The Morgan fingerprint density at radius 3 is 1.59 bits per heavy atom. The van der Waals surface area contributed by atoms with E-state index in [2.05, 4.69) is 10.6 Å². The molecule has 0 bridgehead atoms. The molecule has 1 heterocycles. The van der Waals surface area contributed by atoms with Crippen LogP contribution in [0.1, 0.15) is 27.2 Å². The fourth-order valence-electron chi connectivity index (χ4n) is 4.70. The lowest BCUT2D eigenvalue weighted by atomic mass is 10.1. The van der Waals surface area contributed by atoms with Crippen molar-refractivity contribution in [3.8, 4) is 0 Å². The van der Waals surface area contributed by atoms with Crippen molar-refractivity contribution in [2.45, 2.75) is 27.2 Å². The third-order valence-corrected chi connectivity index (χ3v) is 6.64. The van der Waals surface area contributed by atoms with E-state index in [1.54, 1.807) is 30.6 Å². The van der Waals surface area contributed by atoms with Crippen molar-refractivity contribution in [2.24, 2.45) is 0 Å². The summed E-state index contributed by atoms with van der Waals surface area (Å²) < 4.78 is 15.1. The first kappa shape index (κ1) is 34.2. The second-order valence-corrected chi connectivity index (χ2v) is 9.99. The topological polar surface area (TPSA) is 139 Å². The minimum Gasteiger partial charge on any atom is -0.465 e. The second-order valence-electron chi connectivity index (χ2n) is 9.99. The highest BCUT2D eigenvalue weighted by atomic mass is 16.5. The zero-order valence-electron chi connectivity index (χ0n) is 25.8. The van der Waals surface area contributed by atoms with Crippen molar-refractivity contribution in [1.29, 1.82) is 0 Å². The van der Waals surface area contributed by atoms with E-state index < -0.39 is 17.9 Å². The smallest absolute Gasteiger partial charge is 0.320 e. The fourth-order valence-corrected chi connectivity index (χ4v) is 4.70. The van der Waals surface area contributed by atoms with Gasteiger partial charge in [0.2, 0.25) is 5.91 Å². The molecule has 0 spiro atoms. The van der Waals surface area contributed by atoms with Crippen LogP contribution in [0.4, 0.5) is 5.69 Å². The molecule has 0 aliphatic rings. The summed E-state index contributed by atoms with van der Waals surface area (Å²) >= 11 is 0. The maximum absolute atomic E-state index is 12.9. The van der Waals surface area contributed by atoms with Gasteiger partial charge in [0, 0.05) is 37.0 Å². The summed E-state index contributed by atoms with van der Waals surface area (Å²) in [5, 5.41) is 8.51. The Labute approximate surface area is 258 Å². The van der Waals surface area contributed by atoms with Gasteiger partial charge in [-0.15, -0.1) is 0 Å². The standard InChI is InChI=1S/C32H43N5O7/c1-4-42-29(39)21-36(18-19-37(22-30(40)43-5-2)23-31(41)44-6-3)20-28(38)33-16-11-17-34-32-24-12-7-9-14-26(24)35-27-15-10-8-13-25(27)32/h7-10,12-15H,4-6,11,16-23H2,1-3H3,(H,33,38)(H,34,35). The Kier molecular flexibility index (Phi) is 14.3. The van der Waals surface area contributed by atoms with E-state index in [0.717, 1.165) is 27.5 Å². The van der Waals surface area contributed by atoms with Crippen LogP contribution in [0.5, 0.6) is 0 Å². The summed E-state index contributed by atoms with van der Waals surface area (Å²) in [5.74, 6) is -1.68. The summed E-state index contributed by atoms with van der Waals surface area (Å²) in [6, 6.07) is 16.0. The molecule has 44 heavy (non-hydrogen) atoms. The van der Waals surface area contributed by atoms with Crippen LogP contribution >= 0.6 is 0 Å². The molecule has 0 radical (unpaired) electrons. The molecular formula is C32H43N5O7. The molecule has 2 aromatic carbocycles. The predicted octanol–water partition coefficient (Wildman–Crippen LogP) is 2.60. The van der Waals surface area contributed by atoms with Crippen LogP contribution in [-0.2, 0) is 33.4 Å². The van der Waals surface area contributed by atoms with Crippen molar-refractivity contribution in [2.75, 3.05) is 77.5 Å². The zero-order valence-corrected chi connectivity index (χ0v) is 25.8. The highest BCUT2D eigenvalue weighted by Gasteiger charge is 2.20. The second kappa shape index (κ2) is 18.4. The Morgan fingerprint density at radius 1 is 0.659 bits per heavy atom. The summed E-state index contributed by atoms with van der Waals surface area (Å²) in [6.07, 6.45) is 0.668. The molecule has 1 amide bonds. The number of para-hydroxylation sites is 2. The number of nitrogens with one attached hydrogen (secondary N) is 2. The summed E-state index contributed by atoms with van der Waals surface area (Å²) in [6.45, 7) is 6.85. The van der Waals surface area contributed by atoms with Crippen LogP contribution in [0.25, 0.3) is 21.8 Å². The van der Waals surface area contributed by atoms with Crippen LogP contribution in [0.3, 0.4) is 0 Å². The van der Waals surface area contributed by atoms with E-state index >= 15 is 0 Å². The van der Waals surface area contributed by atoms with Crippen LogP contribution in [0, 0.1) is 0 Å². The summed E-state index contributed by atoms with van der Waals surface area (Å²) in [7, 11) is 0. The van der Waals surface area contributed by atoms with Crippen LogP contribution in [0.2, 0.25) is 0 Å². The molecule has 1 aromatic heterocycles. The maximum atomic E-state index is 12.9. The lowest BCUT2D eigenvalue weighted by molar-refractivity contribution is -0.149. The third kappa shape index (κ3) is 11.1. The van der Waals surface area contributed by atoms with E-state index in [4.69, 9.17) is 19.2 Å². The van der Waals surface area contributed by atoms with Gasteiger partial charge in [0.15, 0.2) is 0 Å². The van der Waals surface area contributed by atoms with E-state index in [1.807, 2.05) is 48.5 Å². The van der Waals surface area contributed by atoms with E-state index in [-0.39, 0.29) is 65.0 Å². The molecule has 0 saturated carbocycles. The molecule has 0 aliphatic heterocycles. The first-order valence-corrected chi connectivity index (χ1v) is 15.0. The molecule has 12 heteroatoms. The largest absolute Gasteiger partial charge is 0.465 e. The number of pyridine rings is 1. The lowest BCUT2D eigenvalue weighted by Gasteiger charge is -2.25. The van der Waals surface area contributed by atoms with Gasteiger partial charge in [-0.1, -0.05) is 36.4 Å². The van der Waals surface area contributed by atoms with Gasteiger partial charge in [-0.2, -0.15) is 0 Å². The molecule has 0 aliphatic carbocycles. The van der Waals surface area contributed by atoms with Gasteiger partial charge in [-0.3, -0.25) is 29.0 Å². The van der Waals surface area contributed by atoms with E-state index in [0.29, 0.717) is 19.5 Å². The van der Waals surface area contributed by atoms with Gasteiger partial charge < -0.3 is 24.8 Å². The fraction of sp³-hybridized carbons (Fsp3) is 0.469. The number of esters is 3. The molecule has 12 nitrogen and oxygen atoms in total. The molecule has 3 rings (SSSR count). The number of fused-ring (bicyclic) bond motifs is 2. The number of carbonyl (C=O) groups excluding carboxylic acids is 4. The predicted molar refractivity (Wildman–Crippen MR) is 168 cm³/mol. The quantitative estimate of drug-likeness (QED) is 0.0897. The molecule has 3 aromatic rings. The molecule has 0 saturated heterocycles. The van der Waals surface area contributed by atoms with E-state index in [1.165, 1.54) is 0 Å². The number of rotatable bonds is 19. The maximum Gasteiger partial charge on any atom is 0.320 e. The van der Waals surface area contributed by atoms with E-state index in [9.17, 15) is 19.2 Å². The number of benzene rings is 2. The monoisotopic (exact) mass is 609 g/mol. The Morgan fingerprint density at radius 2 is 1.11 bits per heavy atom. The molecule has 2 N–H and O–H groups in total. The zero-order chi connectivity index (χ0) is 31.7. The van der Waals surface area contributed by atoms with Crippen molar-refractivity contribution in [1.82, 2.24) is 20.1 Å². The lowest BCUT2D eigenvalue weighted by Crippen LogP contribution is -2.46. The summed E-state index contributed by atoms with van der Waals surface area (Å²) in [5.41, 5.74) is 2.83. The third-order valence-electron chi connectivity index (χ3n) is 6.64. The Balaban J connectivity index is 1.55. The SMILES string of the molecule is CCOC(=O)CN(CCN(CC(=O)OCC)CC(=O)OCC)CC(=O)NCCCNc1c2ccccc2nc2ccccc12. The normalized spacial score (nSPS) is 11.1. The van der Waals surface area contributed by atoms with Gasteiger partial charge in [0.1, 0.15) is 0 Å². The number of hydrogen-bond donors (Lipinski definition) is 2. The summed E-state index contributed by atoms with van der Waals surface area (Å²) in [4.78, 5) is 57.2. The molecule has 0 unspecified atom stereocenters. The number of aromatic nitrogens is 1. The number of ether oxygens (including phenoxy) is 3. The average Bonchev–Trinajstić information content (AvgIpc) is 2.99. The van der Waals surface area contributed by atoms with Gasteiger partial charge in [0.05, 0.1) is 62.7 Å². The molecule has 0 fully saturated rings. The van der Waals surface area contributed by atoms with Gasteiger partial charge >= 0.3 is 17.9 Å². The van der Waals surface area contributed by atoms with Crippen molar-refractivity contribution in [3.05, 3.63) is 48.5 Å². The minimum atomic E-state index is -0.479. The number of anilines is 1. The number of nitrogens with zero attached hydrogens (tertiary/aromatic N) is 3. The first-order valence-electron chi connectivity index (χ1n) is 15.0. The van der Waals surface area contributed by atoms with Crippen molar-refractivity contribution in [3.63, 3.8) is 0 Å². The molecule has 238 valence electrons. The average molecular weight is 610 g/mol. The first-order chi connectivity index (χ1) is 21.3. The van der Waals surface area contributed by atoms with Crippen molar-refractivity contribution < 1.29 is 33.4 Å².